The molecule has 0 radical (unpaired) electrons. The predicted molar refractivity (Wildman–Crippen MR) is 306 cm³/mol. The van der Waals surface area contributed by atoms with Gasteiger partial charge in [-0.3, -0.25) is 19.3 Å². The molecular weight excluding hydrogens is 981 g/mol. The van der Waals surface area contributed by atoms with Crippen LogP contribution < -0.4 is 0 Å². The molecule has 2 fully saturated rings. The van der Waals surface area contributed by atoms with Crippen molar-refractivity contribution in [2.45, 2.75) is 233 Å². The Labute approximate surface area is 467 Å². The molecule has 2 saturated heterocycles. The minimum Gasteiger partial charge on any atom is -0.458 e. The standard InChI is InChI=1S/C66H92N2O10/c1-15-63(11)43-57(75-61(71)55-29-23-21-24-30-55)45(5)65(13,17-3)67(63)77-49(9)53-39-35-51(36-40-53)47(7)73-59(69)33-27-19-20-28-34-60(70)74-48(8)52-37-41-54(42-38-52)50(10)78-68-64(12,16-2)44-58(46(6)66(68,14)18-4)76-62(72)56-31-25-22-26-32-56/h21-26,29-32,35-42,45-50,57-58H,15-20,27-28,33-34,43-44H2,1-14H3. The average molecular weight is 1070 g/mol. The van der Waals surface area contributed by atoms with Gasteiger partial charge in [-0.15, -0.1) is 0 Å². The van der Waals surface area contributed by atoms with Crippen LogP contribution in [0, 0.1) is 11.8 Å². The lowest BCUT2D eigenvalue weighted by Gasteiger charge is -2.59. The van der Waals surface area contributed by atoms with E-state index in [1.807, 2.05) is 98.8 Å². The summed E-state index contributed by atoms with van der Waals surface area (Å²) >= 11 is 0. The van der Waals surface area contributed by atoms with Crippen LogP contribution in [0.2, 0.25) is 0 Å². The van der Waals surface area contributed by atoms with Gasteiger partial charge in [0, 0.05) is 59.7 Å². The zero-order chi connectivity index (χ0) is 57.0. The van der Waals surface area contributed by atoms with E-state index in [1.54, 1.807) is 24.3 Å². The molecule has 0 bridgehead atoms. The fourth-order valence-corrected chi connectivity index (χ4v) is 11.7. The van der Waals surface area contributed by atoms with E-state index in [1.165, 1.54) is 0 Å². The molecule has 4 aromatic rings. The Bertz CT molecular complexity index is 2380. The number of hydrogen-bond acceptors (Lipinski definition) is 12. The highest BCUT2D eigenvalue weighted by atomic mass is 16.7. The highest BCUT2D eigenvalue weighted by molar-refractivity contribution is 5.90. The number of piperidine rings is 2. The van der Waals surface area contributed by atoms with Crippen LogP contribution in [0.3, 0.4) is 0 Å². The van der Waals surface area contributed by atoms with Crippen LogP contribution in [0.1, 0.15) is 241 Å². The number of ether oxygens (including phenoxy) is 4. The third kappa shape index (κ3) is 14.5. The molecule has 2 heterocycles. The van der Waals surface area contributed by atoms with Crippen LogP contribution in [0.5, 0.6) is 0 Å². The normalized spacial score (nSPS) is 27.2. The first-order chi connectivity index (χ1) is 37.1. The smallest absolute Gasteiger partial charge is 0.338 e. The van der Waals surface area contributed by atoms with E-state index < -0.39 is 23.3 Å². The number of nitrogens with zero attached hydrogens (tertiary/aromatic N) is 2. The van der Waals surface area contributed by atoms with Gasteiger partial charge in [0.05, 0.1) is 11.1 Å². The average Bonchev–Trinajstić information content (AvgIpc) is 3.59. The van der Waals surface area contributed by atoms with Crippen molar-refractivity contribution in [1.29, 1.82) is 0 Å². The Morgan fingerprint density at radius 2 is 0.769 bits per heavy atom. The summed E-state index contributed by atoms with van der Waals surface area (Å²) in [5.74, 6) is -1.06. The van der Waals surface area contributed by atoms with Gasteiger partial charge in [-0.1, -0.05) is 139 Å². The first-order valence-electron chi connectivity index (χ1n) is 29.1. The highest BCUT2D eigenvalue weighted by Gasteiger charge is 2.57. The minimum absolute atomic E-state index is 0.0120. The van der Waals surface area contributed by atoms with Crippen molar-refractivity contribution in [3.63, 3.8) is 0 Å². The van der Waals surface area contributed by atoms with Gasteiger partial charge in [0.2, 0.25) is 0 Å². The number of carbonyl (C=O) groups is 4. The van der Waals surface area contributed by atoms with Crippen LogP contribution in [-0.4, -0.2) is 68.4 Å². The van der Waals surface area contributed by atoms with E-state index in [0.29, 0.717) is 49.7 Å². The summed E-state index contributed by atoms with van der Waals surface area (Å²) in [6.45, 7) is 29.7. The summed E-state index contributed by atoms with van der Waals surface area (Å²) in [6, 6.07) is 34.5. The van der Waals surface area contributed by atoms with Gasteiger partial charge in [-0.2, -0.15) is 10.1 Å². The van der Waals surface area contributed by atoms with Gasteiger partial charge >= 0.3 is 23.9 Å². The van der Waals surface area contributed by atoms with E-state index in [0.717, 1.165) is 60.8 Å². The number of hydroxylamine groups is 4. The summed E-state index contributed by atoms with van der Waals surface area (Å²) in [5, 5.41) is 4.38. The van der Waals surface area contributed by atoms with Crippen LogP contribution in [0.25, 0.3) is 0 Å². The number of rotatable bonds is 25. The monoisotopic (exact) mass is 1070 g/mol. The Kier molecular flexibility index (Phi) is 21.5. The molecule has 0 N–H and O–H groups in total. The molecular formula is C66H92N2O10. The maximum Gasteiger partial charge on any atom is 0.338 e. The van der Waals surface area contributed by atoms with Gasteiger partial charge in [0.1, 0.15) is 36.6 Å². The molecule has 0 amide bonds. The minimum atomic E-state index is -0.412. The molecule has 0 spiro atoms. The summed E-state index contributed by atoms with van der Waals surface area (Å²) in [6.07, 6.45) is 6.24. The zero-order valence-corrected chi connectivity index (χ0v) is 49.5. The molecule has 0 aliphatic carbocycles. The molecule has 0 aromatic heterocycles. The summed E-state index contributed by atoms with van der Waals surface area (Å²) in [7, 11) is 0. The largest absolute Gasteiger partial charge is 0.458 e. The fourth-order valence-electron chi connectivity index (χ4n) is 11.7. The molecule has 12 unspecified atom stereocenters. The van der Waals surface area contributed by atoms with E-state index in [-0.39, 0.29) is 71.2 Å². The Morgan fingerprint density at radius 1 is 0.462 bits per heavy atom. The number of benzene rings is 4. The quantitative estimate of drug-likeness (QED) is 0.0356. The van der Waals surface area contributed by atoms with E-state index >= 15 is 0 Å². The number of esters is 4. The third-order valence-corrected chi connectivity index (χ3v) is 18.2. The lowest BCUT2D eigenvalue weighted by atomic mass is 9.69. The Balaban J connectivity index is 0.900. The zero-order valence-electron chi connectivity index (χ0n) is 49.5. The molecule has 78 heavy (non-hydrogen) atoms. The van der Waals surface area contributed by atoms with Crippen LogP contribution >= 0.6 is 0 Å². The molecule has 12 atom stereocenters. The molecule has 12 heteroatoms. The molecule has 6 rings (SSSR count). The lowest BCUT2D eigenvalue weighted by Crippen LogP contribution is -2.68. The van der Waals surface area contributed by atoms with Crippen molar-refractivity contribution >= 4 is 23.9 Å². The van der Waals surface area contributed by atoms with Crippen LogP contribution in [0.4, 0.5) is 0 Å². The molecule has 426 valence electrons. The number of carbonyl (C=O) groups excluding carboxylic acids is 4. The van der Waals surface area contributed by atoms with Gasteiger partial charge < -0.3 is 18.9 Å². The Morgan fingerprint density at radius 3 is 1.06 bits per heavy atom. The van der Waals surface area contributed by atoms with Gasteiger partial charge in [0.15, 0.2) is 0 Å². The topological polar surface area (TPSA) is 130 Å². The fraction of sp³-hybridized carbons (Fsp3) is 0.576. The second kappa shape index (κ2) is 27.2. The summed E-state index contributed by atoms with van der Waals surface area (Å²) in [5.41, 5.74) is 3.37. The van der Waals surface area contributed by atoms with Crippen molar-refractivity contribution in [3.05, 3.63) is 143 Å². The van der Waals surface area contributed by atoms with Crippen molar-refractivity contribution < 1.29 is 47.8 Å². The van der Waals surface area contributed by atoms with Gasteiger partial charge in [-0.25, -0.2) is 9.59 Å². The van der Waals surface area contributed by atoms with Gasteiger partial charge in [-0.05, 0) is 140 Å². The lowest BCUT2D eigenvalue weighted by molar-refractivity contribution is -0.335. The van der Waals surface area contributed by atoms with E-state index in [4.69, 9.17) is 28.6 Å². The van der Waals surface area contributed by atoms with Gasteiger partial charge in [0.25, 0.3) is 0 Å². The number of unbranched alkanes of at least 4 members (excludes halogenated alkanes) is 3. The second-order valence-corrected chi connectivity index (χ2v) is 23.3. The van der Waals surface area contributed by atoms with Crippen LogP contribution in [-0.2, 0) is 38.2 Å². The third-order valence-electron chi connectivity index (χ3n) is 18.2. The first kappa shape index (κ1) is 61.8. The number of hydrogen-bond donors (Lipinski definition) is 0. The molecule has 2 aliphatic rings. The second-order valence-electron chi connectivity index (χ2n) is 23.3. The Hall–Kier alpha value is -5.40. The van der Waals surface area contributed by atoms with E-state index in [9.17, 15) is 19.2 Å². The molecule has 0 saturated carbocycles. The first-order valence-corrected chi connectivity index (χ1v) is 29.1. The SMILES string of the molecule is CCC1(C)CC(OC(=O)c2ccccc2)C(C)C(C)(CC)N1OC(C)c1ccc(C(C)OC(=O)CCCCCCC(=O)OC(C)c2ccc(C(C)ON3C(C)(CC)CC(OC(=O)c4ccccc4)C(C)C3(C)CC)cc2)cc1. The maximum absolute atomic E-state index is 13.2. The van der Waals surface area contributed by atoms with Crippen molar-refractivity contribution in [2.75, 3.05) is 0 Å². The van der Waals surface area contributed by atoms with Crippen LogP contribution in [0.15, 0.2) is 109 Å². The molecule has 2 aliphatic heterocycles. The van der Waals surface area contributed by atoms with Crippen molar-refractivity contribution in [1.82, 2.24) is 10.1 Å². The summed E-state index contributed by atoms with van der Waals surface area (Å²) in [4.78, 5) is 66.0. The maximum atomic E-state index is 13.2. The molecule has 4 aromatic carbocycles. The van der Waals surface area contributed by atoms with Crippen molar-refractivity contribution in [2.24, 2.45) is 11.8 Å². The highest BCUT2D eigenvalue weighted by Crippen LogP contribution is 2.50. The predicted octanol–water partition coefficient (Wildman–Crippen LogP) is 15.7. The van der Waals surface area contributed by atoms with E-state index in [2.05, 4.69) is 93.2 Å². The summed E-state index contributed by atoms with van der Waals surface area (Å²) < 4.78 is 24.1. The molecule has 12 nitrogen and oxygen atoms in total. The van der Waals surface area contributed by atoms with Crippen molar-refractivity contribution in [3.8, 4) is 0 Å².